The van der Waals surface area contributed by atoms with Crippen molar-refractivity contribution in [2.45, 2.75) is 117 Å². The topological polar surface area (TPSA) is 89.5 Å². The summed E-state index contributed by atoms with van der Waals surface area (Å²) in [7, 11) is 15.4. The number of carbonyl (C=O) groups is 3. The van der Waals surface area contributed by atoms with Gasteiger partial charge in [-0.1, -0.05) is 72.1 Å². The molecule has 0 aromatic rings. The molecule has 0 unspecified atom stereocenters. The summed E-state index contributed by atoms with van der Waals surface area (Å²) in [5.41, 5.74) is 0. The zero-order valence-corrected chi connectivity index (χ0v) is 28.1. The van der Waals surface area contributed by atoms with Gasteiger partial charge in [0.05, 0.1) is 27.2 Å². The molecule has 0 fully saturated rings. The highest BCUT2D eigenvalue weighted by Gasteiger charge is 2.10. The summed E-state index contributed by atoms with van der Waals surface area (Å²) < 4.78 is 0.582. The van der Waals surface area contributed by atoms with Gasteiger partial charge < -0.3 is 24.6 Å². The van der Waals surface area contributed by atoms with E-state index >= 15 is 0 Å². The van der Waals surface area contributed by atoms with Crippen LogP contribution in [0.5, 0.6) is 0 Å². The van der Waals surface area contributed by atoms with Crippen LogP contribution in [0.1, 0.15) is 117 Å². The summed E-state index contributed by atoms with van der Waals surface area (Å²) in [4.78, 5) is 34.6. The second-order valence-electron chi connectivity index (χ2n) is 12.3. The first kappa shape index (κ1) is 43.1. The van der Waals surface area contributed by atoms with Crippen molar-refractivity contribution >= 4 is 17.5 Å². The maximum Gasteiger partial charge on any atom is 0.219 e. The van der Waals surface area contributed by atoms with Crippen molar-refractivity contribution in [3.63, 3.8) is 0 Å². The Bertz CT molecular complexity index is 611. The van der Waals surface area contributed by atoms with Crippen molar-refractivity contribution in [1.29, 1.82) is 0 Å². The molecule has 0 rings (SSSR count). The minimum atomic E-state index is -0.242. The fraction of sp³-hybridized carbons (Fsp3) is 0.875. The predicted molar refractivity (Wildman–Crippen MR) is 171 cm³/mol. The number of nitrogens with one attached hydrogen (secondary N) is 1. The molecular formula is C32H68N4O4. The number of hydrogen-bond acceptors (Lipinski definition) is 5. The molecule has 240 valence electrons. The van der Waals surface area contributed by atoms with Gasteiger partial charge in [0.1, 0.15) is 0 Å². The second-order valence-corrected chi connectivity index (χ2v) is 12.3. The fourth-order valence-electron chi connectivity index (χ4n) is 3.73. The third kappa shape index (κ3) is 41.1. The molecule has 0 aromatic heterocycles. The van der Waals surface area contributed by atoms with Crippen LogP contribution in [0.25, 0.3) is 0 Å². The molecule has 0 aliphatic carbocycles. The van der Waals surface area contributed by atoms with Gasteiger partial charge in [0, 0.05) is 46.3 Å². The van der Waals surface area contributed by atoms with Crippen molar-refractivity contribution < 1.29 is 23.5 Å². The summed E-state index contributed by atoms with van der Waals surface area (Å²) in [5, 5.41) is 14.1. The summed E-state index contributed by atoms with van der Waals surface area (Å²) in [5.74, 6) is -0.336. The number of carbonyl (C=O) groups excluding carboxylic acids is 3. The van der Waals surface area contributed by atoms with Crippen LogP contribution in [-0.4, -0.2) is 100.0 Å². The number of quaternary nitrogens is 2. The Labute approximate surface area is 249 Å². The van der Waals surface area contributed by atoms with Crippen LogP contribution >= 0.6 is 0 Å². The molecule has 1 amide bonds. The summed E-state index contributed by atoms with van der Waals surface area (Å²) in [6, 6.07) is 0. The summed E-state index contributed by atoms with van der Waals surface area (Å²) in [6.07, 6.45) is 16.4. The lowest BCUT2D eigenvalue weighted by molar-refractivity contribution is -0.845. The minimum Gasteiger partial charge on any atom is -0.633 e. The first-order valence-electron chi connectivity index (χ1n) is 15.8. The van der Waals surface area contributed by atoms with Gasteiger partial charge in [-0.25, -0.2) is 0 Å². The van der Waals surface area contributed by atoms with E-state index in [4.69, 9.17) is 0 Å². The van der Waals surface area contributed by atoms with Crippen LogP contribution in [0.4, 0.5) is 0 Å². The molecule has 0 saturated carbocycles. The zero-order chi connectivity index (χ0) is 31.5. The Morgan fingerprint density at radius 2 is 1.20 bits per heavy atom. The largest absolute Gasteiger partial charge is 0.633 e. The van der Waals surface area contributed by atoms with Crippen LogP contribution in [0.15, 0.2) is 0 Å². The van der Waals surface area contributed by atoms with Gasteiger partial charge in [-0.05, 0) is 39.9 Å². The van der Waals surface area contributed by atoms with Crippen molar-refractivity contribution in [2.75, 3.05) is 68.5 Å². The molecule has 0 aliphatic heterocycles. The highest BCUT2D eigenvalue weighted by molar-refractivity contribution is 6.37. The molecular weight excluding hydrogens is 504 g/mol. The lowest BCUT2D eigenvalue weighted by Crippen LogP contribution is -2.35. The van der Waals surface area contributed by atoms with Crippen molar-refractivity contribution in [2.24, 2.45) is 0 Å². The first-order valence-corrected chi connectivity index (χ1v) is 15.8. The van der Waals surface area contributed by atoms with Gasteiger partial charge in [0.25, 0.3) is 0 Å². The number of nitrogens with zero attached hydrogens (tertiary/aromatic N) is 3. The van der Waals surface area contributed by atoms with Crippen molar-refractivity contribution in [3.8, 4) is 0 Å². The molecule has 0 atom stereocenters. The van der Waals surface area contributed by atoms with Crippen LogP contribution in [-0.2, 0) is 14.4 Å². The van der Waals surface area contributed by atoms with E-state index in [1.165, 1.54) is 57.8 Å². The van der Waals surface area contributed by atoms with E-state index in [1.807, 2.05) is 40.0 Å². The van der Waals surface area contributed by atoms with Crippen molar-refractivity contribution in [3.05, 3.63) is 12.3 Å². The lowest BCUT2D eigenvalue weighted by Gasteiger charge is -2.33. The Hall–Kier alpha value is -1.35. The molecule has 0 aromatic carbocycles. The van der Waals surface area contributed by atoms with Gasteiger partial charge in [0.2, 0.25) is 5.91 Å². The Morgan fingerprint density at radius 3 is 1.60 bits per heavy atom. The average molecular weight is 573 g/mol. The number of hydroxylamine groups is 3. The predicted octanol–water partition coefficient (Wildman–Crippen LogP) is 6.13. The molecule has 0 bridgehead atoms. The van der Waals surface area contributed by atoms with Crippen LogP contribution in [0.3, 0.4) is 0 Å². The maximum atomic E-state index is 11.3. The van der Waals surface area contributed by atoms with Gasteiger partial charge in [-0.2, -0.15) is 0 Å². The Balaban J connectivity index is -0.000000522. The van der Waals surface area contributed by atoms with E-state index in [0.717, 1.165) is 45.4 Å². The number of ketones is 2. The van der Waals surface area contributed by atoms with Gasteiger partial charge in [-0.3, -0.25) is 14.4 Å². The summed E-state index contributed by atoms with van der Waals surface area (Å²) >= 11 is 0. The summed E-state index contributed by atoms with van der Waals surface area (Å²) in [6.45, 7) is 9.23. The van der Waals surface area contributed by atoms with Gasteiger partial charge in [-0.15, -0.1) is 7.05 Å². The van der Waals surface area contributed by atoms with Crippen LogP contribution in [0.2, 0.25) is 0 Å². The van der Waals surface area contributed by atoms with Crippen LogP contribution in [0, 0.1) is 12.3 Å². The number of hydrogen-bond donors (Lipinski definition) is 1. The third-order valence-electron chi connectivity index (χ3n) is 6.27. The average Bonchev–Trinajstić information content (AvgIpc) is 2.86. The van der Waals surface area contributed by atoms with E-state index in [9.17, 15) is 19.6 Å². The van der Waals surface area contributed by atoms with Gasteiger partial charge >= 0.3 is 0 Å². The SMILES string of the molecule is CCC(=O)C(=O)CCCN(C)C.CCCCCCCCCCCC[N+](C)(C)[O-].[CH2-][N+](C)(C)CCCNC(=O)CC. The highest BCUT2D eigenvalue weighted by atomic mass is 16.5. The van der Waals surface area contributed by atoms with Crippen molar-refractivity contribution in [1.82, 2.24) is 10.2 Å². The maximum absolute atomic E-state index is 11.3. The van der Waals surface area contributed by atoms with Gasteiger partial charge in [0.15, 0.2) is 11.6 Å². The normalized spacial score (nSPS) is 11.3. The molecule has 0 aliphatic rings. The molecule has 1 N–H and O–H groups in total. The Morgan fingerprint density at radius 1 is 0.700 bits per heavy atom. The molecule has 40 heavy (non-hydrogen) atoms. The van der Waals surface area contributed by atoms with Crippen LogP contribution < -0.4 is 5.32 Å². The van der Waals surface area contributed by atoms with E-state index < -0.39 is 0 Å². The van der Waals surface area contributed by atoms with E-state index in [-0.39, 0.29) is 22.1 Å². The molecule has 0 saturated heterocycles. The molecule has 8 nitrogen and oxygen atoms in total. The first-order chi connectivity index (χ1) is 18.6. The zero-order valence-electron chi connectivity index (χ0n) is 28.1. The second kappa shape index (κ2) is 27.8. The van der Waals surface area contributed by atoms with E-state index in [0.29, 0.717) is 23.7 Å². The minimum absolute atomic E-state index is 0.128. The number of amides is 1. The smallest absolute Gasteiger partial charge is 0.219 e. The molecule has 0 spiro atoms. The van der Waals surface area contributed by atoms with E-state index in [1.54, 1.807) is 21.0 Å². The van der Waals surface area contributed by atoms with E-state index in [2.05, 4.69) is 19.3 Å². The monoisotopic (exact) mass is 573 g/mol. The highest BCUT2D eigenvalue weighted by Crippen LogP contribution is 2.11. The lowest BCUT2D eigenvalue weighted by atomic mass is 10.1. The number of rotatable bonds is 22. The molecule has 8 heteroatoms. The standard InChI is InChI=1S/C14H31NO.C9H20N2O.C9H17NO2/c1-4-5-6-7-8-9-10-11-12-13-14-15(2,3)16;1-5-9(12)10-7-6-8-11(2,3)4;1-4-8(11)9(12)6-5-7-10(2)3/h4-14H2,1-3H3;2,5-8H2,1,3-4H3,(H,10,12);4-7H2,1-3H3. The number of unbranched alkanes of at least 4 members (excludes halogenated alkanes) is 9. The molecule has 0 radical (unpaired) electrons. The fourth-order valence-corrected chi connectivity index (χ4v) is 3.73. The number of Topliss-reactive ketones (excluding diaryl/α,β-unsaturated/α-hetero) is 2. The molecule has 0 heterocycles. The Kier molecular flexibility index (Phi) is 30.0. The quantitative estimate of drug-likeness (QED) is 0.0554. The third-order valence-corrected chi connectivity index (χ3v) is 6.27.